The molecule has 0 N–H and O–H groups in total. The quantitative estimate of drug-likeness (QED) is 0.448. The van der Waals surface area contributed by atoms with E-state index >= 15 is 0 Å². The van der Waals surface area contributed by atoms with Crippen molar-refractivity contribution < 1.29 is 47.5 Å². The number of esters is 2. The van der Waals surface area contributed by atoms with Crippen molar-refractivity contribution >= 4 is 11.9 Å². The van der Waals surface area contributed by atoms with Gasteiger partial charge in [-0.15, -0.1) is 0 Å². The molecule has 0 aromatic carbocycles. The first-order chi connectivity index (χ1) is 15.4. The SMILES string of the molecule is CC(C)(C)OC(=O)CO[C@@H]([C@H](OCC(=O)OC(C)(C)C)[C@@H]1COC(C)(C)O1)[C@@H]1COC(C)(C)O1. The average Bonchev–Trinajstić information content (AvgIpc) is 3.15. The molecule has 2 fully saturated rings. The molecular weight excluding hydrogens is 448 g/mol. The average molecular weight is 491 g/mol. The van der Waals surface area contributed by atoms with Gasteiger partial charge >= 0.3 is 11.9 Å². The first-order valence-electron chi connectivity index (χ1n) is 11.7. The molecule has 34 heavy (non-hydrogen) atoms. The van der Waals surface area contributed by atoms with Crippen molar-refractivity contribution in [3.8, 4) is 0 Å². The van der Waals surface area contributed by atoms with Gasteiger partial charge < -0.3 is 37.9 Å². The number of carbonyl (C=O) groups excluding carboxylic acids is 2. The highest BCUT2D eigenvalue weighted by molar-refractivity contribution is 5.71. The van der Waals surface area contributed by atoms with Crippen molar-refractivity contribution in [2.45, 2.75) is 116 Å². The fraction of sp³-hybridized carbons (Fsp3) is 0.917. The first kappa shape index (κ1) is 28.9. The second-order valence-electron chi connectivity index (χ2n) is 11.5. The monoisotopic (exact) mass is 490 g/mol. The first-order valence-corrected chi connectivity index (χ1v) is 11.7. The molecule has 0 radical (unpaired) electrons. The van der Waals surface area contributed by atoms with Crippen molar-refractivity contribution in [1.29, 1.82) is 0 Å². The van der Waals surface area contributed by atoms with Gasteiger partial charge in [0.15, 0.2) is 11.6 Å². The van der Waals surface area contributed by atoms with Crippen LogP contribution in [0.5, 0.6) is 0 Å². The molecule has 2 heterocycles. The largest absolute Gasteiger partial charge is 0.458 e. The molecule has 2 saturated heterocycles. The Morgan fingerprint density at radius 1 is 0.735 bits per heavy atom. The van der Waals surface area contributed by atoms with Crippen LogP contribution in [-0.2, 0) is 47.5 Å². The third-order valence-corrected chi connectivity index (χ3v) is 4.74. The van der Waals surface area contributed by atoms with Gasteiger partial charge in [0, 0.05) is 0 Å². The van der Waals surface area contributed by atoms with Gasteiger partial charge in [-0.2, -0.15) is 0 Å². The smallest absolute Gasteiger partial charge is 0.332 e. The summed E-state index contributed by atoms with van der Waals surface area (Å²) in [5.41, 5.74) is -1.33. The molecule has 0 amide bonds. The van der Waals surface area contributed by atoms with E-state index in [1.165, 1.54) is 0 Å². The summed E-state index contributed by atoms with van der Waals surface area (Å²) in [5, 5.41) is 0. The van der Waals surface area contributed by atoms with E-state index in [9.17, 15) is 9.59 Å². The highest BCUT2D eigenvalue weighted by Crippen LogP contribution is 2.33. The number of hydrogen-bond donors (Lipinski definition) is 0. The molecule has 10 nitrogen and oxygen atoms in total. The van der Waals surface area contributed by atoms with E-state index in [0.717, 1.165) is 0 Å². The highest BCUT2D eigenvalue weighted by atomic mass is 16.8. The van der Waals surface area contributed by atoms with Gasteiger partial charge in [0.25, 0.3) is 0 Å². The third kappa shape index (κ3) is 9.75. The van der Waals surface area contributed by atoms with Crippen molar-refractivity contribution in [3.05, 3.63) is 0 Å². The lowest BCUT2D eigenvalue weighted by molar-refractivity contribution is -0.211. The maximum atomic E-state index is 12.4. The van der Waals surface area contributed by atoms with Gasteiger partial charge in [-0.05, 0) is 69.2 Å². The topological polar surface area (TPSA) is 108 Å². The van der Waals surface area contributed by atoms with Crippen molar-refractivity contribution in [3.63, 3.8) is 0 Å². The summed E-state index contributed by atoms with van der Waals surface area (Å²) in [5.74, 6) is -2.77. The minimum Gasteiger partial charge on any atom is -0.458 e. The maximum Gasteiger partial charge on any atom is 0.332 e. The molecular formula is C24H42O10. The lowest BCUT2D eigenvalue weighted by Gasteiger charge is -2.34. The fourth-order valence-electron chi connectivity index (χ4n) is 3.65. The van der Waals surface area contributed by atoms with E-state index in [0.29, 0.717) is 0 Å². The molecule has 198 valence electrons. The standard InChI is InChI=1S/C24H42O10/c1-21(2,3)33-17(25)13-27-19(15-11-29-23(7,8)31-15)20(16-12-30-24(9,10)32-16)28-14-18(26)34-22(4,5)6/h15-16,19-20H,11-14H2,1-10H3/t15-,16-,19+,20+/m0/s1. The molecule has 2 aliphatic heterocycles. The predicted octanol–water partition coefficient (Wildman–Crippen LogP) is 2.74. The van der Waals surface area contributed by atoms with Crippen LogP contribution >= 0.6 is 0 Å². The van der Waals surface area contributed by atoms with Crippen LogP contribution in [0.2, 0.25) is 0 Å². The van der Waals surface area contributed by atoms with E-state index in [1.54, 1.807) is 69.2 Å². The summed E-state index contributed by atoms with van der Waals surface area (Å²) >= 11 is 0. The van der Waals surface area contributed by atoms with E-state index in [-0.39, 0.29) is 26.4 Å². The van der Waals surface area contributed by atoms with Crippen LogP contribution in [0.15, 0.2) is 0 Å². The molecule has 0 aromatic heterocycles. The lowest BCUT2D eigenvalue weighted by atomic mass is 10.0. The number of carbonyl (C=O) groups is 2. The molecule has 0 spiro atoms. The van der Waals surface area contributed by atoms with Gasteiger partial charge in [0.1, 0.15) is 48.8 Å². The van der Waals surface area contributed by atoms with Gasteiger partial charge in [-0.25, -0.2) is 9.59 Å². The molecule has 0 bridgehead atoms. The predicted molar refractivity (Wildman–Crippen MR) is 121 cm³/mol. The Morgan fingerprint density at radius 3 is 1.29 bits per heavy atom. The van der Waals surface area contributed by atoms with Crippen molar-refractivity contribution in [1.82, 2.24) is 0 Å². The fourth-order valence-corrected chi connectivity index (χ4v) is 3.65. The Kier molecular flexibility index (Phi) is 9.15. The molecule has 0 unspecified atom stereocenters. The summed E-state index contributed by atoms with van der Waals surface area (Å²) in [4.78, 5) is 24.8. The Labute approximate surface area is 202 Å². The molecule has 10 heteroatoms. The maximum absolute atomic E-state index is 12.4. The van der Waals surface area contributed by atoms with Crippen LogP contribution < -0.4 is 0 Å². The van der Waals surface area contributed by atoms with E-state index in [1.807, 2.05) is 0 Å². The minimum absolute atomic E-state index is 0.204. The van der Waals surface area contributed by atoms with Crippen molar-refractivity contribution in [2.75, 3.05) is 26.4 Å². The van der Waals surface area contributed by atoms with Crippen LogP contribution in [-0.4, -0.2) is 85.6 Å². The highest BCUT2D eigenvalue weighted by Gasteiger charge is 2.48. The normalized spacial score (nSPS) is 26.2. The Morgan fingerprint density at radius 2 is 1.06 bits per heavy atom. The lowest BCUT2D eigenvalue weighted by Crippen LogP contribution is -2.51. The zero-order chi connectivity index (χ0) is 25.9. The van der Waals surface area contributed by atoms with E-state index in [2.05, 4.69) is 0 Å². The summed E-state index contributed by atoms with van der Waals surface area (Å²) < 4.78 is 46.3. The van der Waals surface area contributed by atoms with Crippen LogP contribution in [0.4, 0.5) is 0 Å². The molecule has 2 rings (SSSR count). The third-order valence-electron chi connectivity index (χ3n) is 4.74. The molecule has 0 saturated carbocycles. The summed E-state index contributed by atoms with van der Waals surface area (Å²) in [7, 11) is 0. The summed E-state index contributed by atoms with van der Waals surface area (Å²) in [6.07, 6.45) is -2.82. The summed E-state index contributed by atoms with van der Waals surface area (Å²) in [6, 6.07) is 0. The Balaban J connectivity index is 2.23. The van der Waals surface area contributed by atoms with E-state index < -0.39 is 59.1 Å². The van der Waals surface area contributed by atoms with Crippen LogP contribution in [0.3, 0.4) is 0 Å². The van der Waals surface area contributed by atoms with Crippen LogP contribution in [0, 0.1) is 0 Å². The second kappa shape index (κ2) is 10.8. The molecule has 0 aromatic rings. The summed E-state index contributed by atoms with van der Waals surface area (Å²) in [6.45, 7) is 17.5. The zero-order valence-corrected chi connectivity index (χ0v) is 22.2. The number of hydrogen-bond acceptors (Lipinski definition) is 10. The Hall–Kier alpha value is -1.30. The van der Waals surface area contributed by atoms with Gasteiger partial charge in [0.05, 0.1) is 13.2 Å². The molecule has 4 atom stereocenters. The van der Waals surface area contributed by atoms with Gasteiger partial charge in [-0.1, -0.05) is 0 Å². The Bertz CT molecular complexity index is 644. The molecule has 2 aliphatic rings. The zero-order valence-electron chi connectivity index (χ0n) is 22.2. The van der Waals surface area contributed by atoms with E-state index in [4.69, 9.17) is 37.9 Å². The van der Waals surface area contributed by atoms with Crippen LogP contribution in [0.1, 0.15) is 69.2 Å². The number of rotatable bonds is 9. The number of ether oxygens (including phenoxy) is 8. The molecule has 0 aliphatic carbocycles. The van der Waals surface area contributed by atoms with Gasteiger partial charge in [0.2, 0.25) is 0 Å². The van der Waals surface area contributed by atoms with Gasteiger partial charge in [-0.3, -0.25) is 0 Å². The second-order valence-corrected chi connectivity index (χ2v) is 11.5. The van der Waals surface area contributed by atoms with Crippen LogP contribution in [0.25, 0.3) is 0 Å². The van der Waals surface area contributed by atoms with Crippen molar-refractivity contribution in [2.24, 2.45) is 0 Å². The minimum atomic E-state index is -0.847.